The van der Waals surface area contributed by atoms with Crippen LogP contribution in [0.2, 0.25) is 0 Å². The van der Waals surface area contributed by atoms with Crippen LogP contribution in [0, 0.1) is 6.92 Å². The number of amides is 2. The minimum Gasteiger partial charge on any atom is -0.479 e. The summed E-state index contributed by atoms with van der Waals surface area (Å²) in [6.45, 7) is 3.33. The number of halogens is 3. The highest BCUT2D eigenvalue weighted by atomic mass is 19.4. The third-order valence-electron chi connectivity index (χ3n) is 5.17. The van der Waals surface area contributed by atoms with E-state index in [4.69, 9.17) is 4.74 Å². The van der Waals surface area contributed by atoms with E-state index in [0.717, 1.165) is 10.7 Å². The van der Waals surface area contributed by atoms with E-state index in [9.17, 15) is 22.8 Å². The van der Waals surface area contributed by atoms with Gasteiger partial charge < -0.3 is 15.0 Å². The molecule has 4 rings (SSSR count). The Morgan fingerprint density at radius 1 is 1.12 bits per heavy atom. The average molecular weight is 458 g/mol. The van der Waals surface area contributed by atoms with Crippen LogP contribution in [-0.2, 0) is 15.8 Å². The maximum absolute atomic E-state index is 13.5. The molecule has 10 heteroatoms. The number of nitrogens with one attached hydrogen (secondary N) is 1. The molecule has 0 radical (unpaired) electrons. The topological polar surface area (TPSA) is 76.5 Å². The summed E-state index contributed by atoms with van der Waals surface area (Å²) in [6, 6.07) is 13.5. The van der Waals surface area contributed by atoms with E-state index in [1.54, 1.807) is 38.1 Å². The predicted molar refractivity (Wildman–Crippen MR) is 115 cm³/mol. The third kappa shape index (κ3) is 4.55. The Kier molecular flexibility index (Phi) is 5.84. The largest absolute Gasteiger partial charge is 0.479 e. The number of aromatic nitrogens is 2. The third-order valence-corrected chi connectivity index (χ3v) is 5.17. The van der Waals surface area contributed by atoms with Gasteiger partial charge in [0.05, 0.1) is 22.6 Å². The first-order valence-electron chi connectivity index (χ1n) is 10.3. The zero-order valence-corrected chi connectivity index (χ0v) is 17.9. The fraction of sp³-hybridized carbons (Fsp3) is 0.261. The molecule has 2 heterocycles. The Labute approximate surface area is 187 Å². The van der Waals surface area contributed by atoms with E-state index in [2.05, 4.69) is 10.4 Å². The van der Waals surface area contributed by atoms with Crippen LogP contribution in [0.1, 0.15) is 24.6 Å². The molecule has 1 unspecified atom stereocenters. The molecule has 0 spiro atoms. The molecule has 3 aromatic rings. The van der Waals surface area contributed by atoms with E-state index < -0.39 is 23.8 Å². The zero-order valence-electron chi connectivity index (χ0n) is 17.9. The second kappa shape index (κ2) is 8.61. The fourth-order valence-corrected chi connectivity index (χ4v) is 3.68. The van der Waals surface area contributed by atoms with Crippen molar-refractivity contribution in [3.8, 4) is 11.4 Å². The standard InChI is InChI=1S/C23H21F3N4O3/c1-14-13-20(30(28-14)17-8-4-3-7-16(17)23(24,25)26)27-21(31)11-12-29-18-9-5-6-10-19(18)33-15(2)22(29)32/h3-10,13,15H,11-12H2,1-2H3,(H,27,31). The van der Waals surface area contributed by atoms with Gasteiger partial charge in [0.1, 0.15) is 11.6 Å². The number of fused-ring (bicyclic) bond motifs is 1. The second-order valence-corrected chi connectivity index (χ2v) is 7.61. The van der Waals surface area contributed by atoms with Crippen LogP contribution in [0.15, 0.2) is 54.6 Å². The first-order chi connectivity index (χ1) is 15.6. The number of ether oxygens (including phenoxy) is 1. The highest BCUT2D eigenvalue weighted by Crippen LogP contribution is 2.35. The quantitative estimate of drug-likeness (QED) is 0.617. The fourth-order valence-electron chi connectivity index (χ4n) is 3.68. The van der Waals surface area contributed by atoms with Gasteiger partial charge in [0.2, 0.25) is 5.91 Å². The van der Waals surface area contributed by atoms with Crippen molar-refractivity contribution in [2.75, 3.05) is 16.8 Å². The number of carbonyl (C=O) groups excluding carboxylic acids is 2. The summed E-state index contributed by atoms with van der Waals surface area (Å²) in [6.07, 6.45) is -5.35. The van der Waals surface area contributed by atoms with Crippen LogP contribution < -0.4 is 15.0 Å². The van der Waals surface area contributed by atoms with Crippen LogP contribution in [0.5, 0.6) is 5.75 Å². The molecule has 1 aliphatic heterocycles. The van der Waals surface area contributed by atoms with Gasteiger partial charge >= 0.3 is 6.18 Å². The number of aryl methyl sites for hydroxylation is 1. The predicted octanol–water partition coefficient (Wildman–Crippen LogP) is 4.34. The molecule has 2 amide bonds. The molecular formula is C23H21F3N4O3. The molecule has 0 bridgehead atoms. The zero-order chi connectivity index (χ0) is 23.8. The lowest BCUT2D eigenvalue weighted by molar-refractivity contribution is -0.137. The molecule has 33 heavy (non-hydrogen) atoms. The van der Waals surface area contributed by atoms with Crippen molar-refractivity contribution < 1.29 is 27.5 Å². The van der Waals surface area contributed by atoms with Gasteiger partial charge in [-0.15, -0.1) is 0 Å². The van der Waals surface area contributed by atoms with E-state index in [1.165, 1.54) is 29.2 Å². The normalized spacial score (nSPS) is 15.7. The molecule has 0 fully saturated rings. The van der Waals surface area contributed by atoms with Crippen LogP contribution in [0.25, 0.3) is 5.69 Å². The number of nitrogens with zero attached hydrogens (tertiary/aromatic N) is 3. The Bertz CT molecular complexity index is 1210. The van der Waals surface area contributed by atoms with Gasteiger partial charge in [0.15, 0.2) is 6.10 Å². The lowest BCUT2D eigenvalue weighted by atomic mass is 10.1. The number of carbonyl (C=O) groups is 2. The number of para-hydroxylation sites is 3. The molecule has 1 aliphatic rings. The van der Waals surface area contributed by atoms with Crippen molar-refractivity contribution in [2.24, 2.45) is 0 Å². The van der Waals surface area contributed by atoms with Crippen molar-refractivity contribution >= 4 is 23.3 Å². The first kappa shape index (κ1) is 22.4. The van der Waals surface area contributed by atoms with Gasteiger partial charge in [0, 0.05) is 19.0 Å². The maximum Gasteiger partial charge on any atom is 0.418 e. The molecule has 0 saturated heterocycles. The Balaban J connectivity index is 1.53. The van der Waals surface area contributed by atoms with Crippen LogP contribution in [-0.4, -0.2) is 34.2 Å². The number of hydrogen-bond donors (Lipinski definition) is 1. The summed E-state index contributed by atoms with van der Waals surface area (Å²) >= 11 is 0. The van der Waals surface area contributed by atoms with E-state index in [-0.39, 0.29) is 30.4 Å². The van der Waals surface area contributed by atoms with Crippen molar-refractivity contribution in [3.05, 3.63) is 65.9 Å². The van der Waals surface area contributed by atoms with E-state index >= 15 is 0 Å². The number of rotatable bonds is 5. The van der Waals surface area contributed by atoms with Crippen LogP contribution in [0.3, 0.4) is 0 Å². The number of hydrogen-bond acceptors (Lipinski definition) is 4. The summed E-state index contributed by atoms with van der Waals surface area (Å²) in [5.41, 5.74) is -0.0607. The van der Waals surface area contributed by atoms with Gasteiger partial charge in [-0.25, -0.2) is 4.68 Å². The van der Waals surface area contributed by atoms with E-state index in [0.29, 0.717) is 17.1 Å². The van der Waals surface area contributed by atoms with Crippen LogP contribution >= 0.6 is 0 Å². The van der Waals surface area contributed by atoms with Crippen molar-refractivity contribution in [1.29, 1.82) is 0 Å². The maximum atomic E-state index is 13.5. The van der Waals surface area contributed by atoms with Gasteiger partial charge in [-0.1, -0.05) is 24.3 Å². The molecule has 172 valence electrons. The van der Waals surface area contributed by atoms with Crippen molar-refractivity contribution in [2.45, 2.75) is 32.5 Å². The highest BCUT2D eigenvalue weighted by Gasteiger charge is 2.35. The van der Waals surface area contributed by atoms with Crippen molar-refractivity contribution in [3.63, 3.8) is 0 Å². The monoisotopic (exact) mass is 458 g/mol. The summed E-state index contributed by atoms with van der Waals surface area (Å²) < 4.78 is 47.1. The number of anilines is 2. The smallest absolute Gasteiger partial charge is 0.418 e. The van der Waals surface area contributed by atoms with E-state index in [1.807, 2.05) is 0 Å². The SMILES string of the molecule is Cc1cc(NC(=O)CCN2C(=O)C(C)Oc3ccccc32)n(-c2ccccc2C(F)(F)F)n1. The molecule has 1 aromatic heterocycles. The summed E-state index contributed by atoms with van der Waals surface area (Å²) in [4.78, 5) is 26.7. The van der Waals surface area contributed by atoms with Crippen LogP contribution in [0.4, 0.5) is 24.7 Å². The first-order valence-corrected chi connectivity index (χ1v) is 10.3. The molecule has 0 saturated carbocycles. The van der Waals surface area contributed by atoms with Gasteiger partial charge in [-0.3, -0.25) is 9.59 Å². The molecular weight excluding hydrogens is 437 g/mol. The summed E-state index contributed by atoms with van der Waals surface area (Å²) in [7, 11) is 0. The Hall–Kier alpha value is -3.82. The Morgan fingerprint density at radius 2 is 1.79 bits per heavy atom. The average Bonchev–Trinajstić information content (AvgIpc) is 3.13. The molecule has 2 aromatic carbocycles. The van der Waals surface area contributed by atoms with Gasteiger partial charge in [0.25, 0.3) is 5.91 Å². The summed E-state index contributed by atoms with van der Waals surface area (Å²) in [5.74, 6) is -0.0923. The minimum absolute atomic E-state index is 0.0715. The highest BCUT2D eigenvalue weighted by molar-refractivity contribution is 6.00. The molecule has 1 atom stereocenters. The van der Waals surface area contributed by atoms with Crippen molar-refractivity contribution in [1.82, 2.24) is 9.78 Å². The van der Waals surface area contributed by atoms with Gasteiger partial charge in [-0.05, 0) is 38.1 Å². The minimum atomic E-state index is -4.58. The number of benzene rings is 2. The lowest BCUT2D eigenvalue weighted by Crippen LogP contribution is -2.45. The molecule has 0 aliphatic carbocycles. The number of alkyl halides is 3. The second-order valence-electron chi connectivity index (χ2n) is 7.61. The summed E-state index contributed by atoms with van der Waals surface area (Å²) in [5, 5.41) is 6.75. The Morgan fingerprint density at radius 3 is 2.52 bits per heavy atom. The van der Waals surface area contributed by atoms with Gasteiger partial charge in [-0.2, -0.15) is 18.3 Å². The molecule has 7 nitrogen and oxygen atoms in total. The lowest BCUT2D eigenvalue weighted by Gasteiger charge is -2.32. The molecule has 1 N–H and O–H groups in total.